The Morgan fingerprint density at radius 3 is 2.81 bits per heavy atom. The number of methoxy groups -OCH3 is 1. The number of aromatic nitrogens is 3. The first-order valence-electron chi connectivity index (χ1n) is 11.3. The number of benzene rings is 2. The molecule has 0 aliphatic heterocycles. The topological polar surface area (TPSA) is 113 Å². The number of thioether (sulfide) groups is 1. The van der Waals surface area contributed by atoms with Crippen molar-refractivity contribution < 1.29 is 19.0 Å². The Kier molecular flexibility index (Phi) is 7.71. The molecule has 8 nitrogen and oxygen atoms in total. The van der Waals surface area contributed by atoms with Crippen LogP contribution < -0.4 is 10.1 Å². The van der Waals surface area contributed by atoms with E-state index in [-0.39, 0.29) is 5.56 Å². The predicted molar refractivity (Wildman–Crippen MR) is 137 cm³/mol. The first kappa shape index (κ1) is 25.0. The number of aromatic carboxylic acids is 1. The van der Waals surface area contributed by atoms with E-state index in [1.807, 2.05) is 13.0 Å². The lowest BCUT2D eigenvalue weighted by atomic mass is 10.1. The lowest BCUT2D eigenvalue weighted by Crippen LogP contribution is -2.13. The average molecular weight is 506 g/mol. The molecule has 2 aromatic carbocycles. The zero-order valence-electron chi connectivity index (χ0n) is 19.8. The summed E-state index contributed by atoms with van der Waals surface area (Å²) in [6.07, 6.45) is 2.36. The minimum absolute atomic E-state index is 0.265. The number of carbonyl (C=O) groups is 1. The van der Waals surface area contributed by atoms with Crippen molar-refractivity contribution >= 4 is 34.5 Å². The van der Waals surface area contributed by atoms with E-state index in [2.05, 4.69) is 21.4 Å². The van der Waals surface area contributed by atoms with Crippen LogP contribution in [0.3, 0.4) is 0 Å². The number of halogens is 1. The summed E-state index contributed by atoms with van der Waals surface area (Å²) in [6, 6.07) is 13.5. The number of nitrogens with one attached hydrogen (secondary N) is 1. The van der Waals surface area contributed by atoms with Crippen molar-refractivity contribution in [1.82, 2.24) is 14.5 Å². The van der Waals surface area contributed by atoms with Crippen LogP contribution in [0.4, 0.5) is 10.2 Å². The molecule has 0 amide bonds. The van der Waals surface area contributed by atoms with E-state index in [1.54, 1.807) is 34.9 Å². The highest BCUT2D eigenvalue weighted by Crippen LogP contribution is 2.31. The van der Waals surface area contributed by atoms with Crippen molar-refractivity contribution in [2.24, 2.45) is 0 Å². The second-order valence-corrected chi connectivity index (χ2v) is 9.02. The summed E-state index contributed by atoms with van der Waals surface area (Å²) in [5.74, 6) is 0.469. The van der Waals surface area contributed by atoms with Crippen LogP contribution in [0, 0.1) is 17.1 Å². The number of fused-ring (bicyclic) bond motifs is 1. The third-order valence-corrected chi connectivity index (χ3v) is 6.84. The highest BCUT2D eigenvalue weighted by molar-refractivity contribution is 7.99. The molecule has 2 heterocycles. The number of rotatable bonds is 10. The van der Waals surface area contributed by atoms with Crippen molar-refractivity contribution in [2.45, 2.75) is 24.8 Å². The van der Waals surface area contributed by atoms with Crippen molar-refractivity contribution in [3.8, 4) is 23.1 Å². The zero-order valence-corrected chi connectivity index (χ0v) is 20.6. The maximum absolute atomic E-state index is 14.6. The Labute approximate surface area is 211 Å². The number of carboxylic acid groups (broad SMARTS) is 1. The molecule has 10 heteroatoms. The van der Waals surface area contributed by atoms with Gasteiger partial charge in [-0.05, 0) is 42.5 Å². The molecule has 0 aliphatic rings. The van der Waals surface area contributed by atoms with E-state index in [4.69, 9.17) is 4.74 Å². The van der Waals surface area contributed by atoms with Crippen LogP contribution in [0.15, 0.2) is 53.7 Å². The van der Waals surface area contributed by atoms with Gasteiger partial charge in [0.2, 0.25) is 0 Å². The fourth-order valence-corrected chi connectivity index (χ4v) is 4.86. The summed E-state index contributed by atoms with van der Waals surface area (Å²) < 4.78 is 21.6. The minimum Gasteiger partial charge on any atom is -0.496 e. The van der Waals surface area contributed by atoms with Crippen molar-refractivity contribution in [3.05, 3.63) is 65.9 Å². The van der Waals surface area contributed by atoms with Gasteiger partial charge < -0.3 is 19.7 Å². The van der Waals surface area contributed by atoms with Gasteiger partial charge in [-0.25, -0.2) is 19.2 Å². The number of hydrogen-bond donors (Lipinski definition) is 2. The normalized spacial score (nSPS) is 10.8. The minimum atomic E-state index is -0.964. The summed E-state index contributed by atoms with van der Waals surface area (Å²) in [4.78, 5) is 20.9. The highest BCUT2D eigenvalue weighted by atomic mass is 32.2. The number of nitriles is 1. The molecular formula is C26H24FN5O3S. The summed E-state index contributed by atoms with van der Waals surface area (Å²) in [6.45, 7) is 2.74. The molecule has 0 radical (unpaired) electrons. The number of nitrogens with zero attached hydrogens (tertiary/aromatic N) is 4. The van der Waals surface area contributed by atoms with Gasteiger partial charge in [0.25, 0.3) is 0 Å². The standard InChI is InChI=1S/C26H24FN5O3S/c1-3-10-36-23-11-16(4-5-18(23)26(33)34)21-13-24(31-15-30-21)29-8-9-32-17(14-28)12-19-22(35-2)7-6-20(27)25(19)32/h4-7,11-13,15H,3,8-10H2,1-2H3,(H,33,34)(H,29,30,31). The quantitative estimate of drug-likeness (QED) is 0.274. The van der Waals surface area contributed by atoms with E-state index >= 15 is 0 Å². The lowest BCUT2D eigenvalue weighted by Gasteiger charge is -2.12. The molecule has 0 fully saturated rings. The number of hydrogen-bond acceptors (Lipinski definition) is 7. The van der Waals surface area contributed by atoms with E-state index in [0.29, 0.717) is 51.8 Å². The van der Waals surface area contributed by atoms with Gasteiger partial charge >= 0.3 is 5.97 Å². The largest absolute Gasteiger partial charge is 0.496 e. The molecule has 4 aromatic rings. The molecule has 2 N–H and O–H groups in total. The fraction of sp³-hybridized carbons (Fsp3) is 0.231. The first-order valence-corrected chi connectivity index (χ1v) is 12.3. The van der Waals surface area contributed by atoms with E-state index < -0.39 is 11.8 Å². The highest BCUT2D eigenvalue weighted by Gasteiger charge is 2.16. The van der Waals surface area contributed by atoms with Crippen LogP contribution in [-0.2, 0) is 6.54 Å². The molecule has 0 spiro atoms. The number of carboxylic acids is 1. The monoisotopic (exact) mass is 505 g/mol. The van der Waals surface area contributed by atoms with Gasteiger partial charge in [-0.15, -0.1) is 11.8 Å². The van der Waals surface area contributed by atoms with Crippen LogP contribution >= 0.6 is 11.8 Å². The van der Waals surface area contributed by atoms with Crippen molar-refractivity contribution in [2.75, 3.05) is 24.7 Å². The van der Waals surface area contributed by atoms with E-state index in [0.717, 1.165) is 17.7 Å². The van der Waals surface area contributed by atoms with Crippen molar-refractivity contribution in [3.63, 3.8) is 0 Å². The summed E-state index contributed by atoms with van der Waals surface area (Å²) >= 11 is 1.50. The summed E-state index contributed by atoms with van der Waals surface area (Å²) in [7, 11) is 1.50. The molecular weight excluding hydrogens is 481 g/mol. The Balaban J connectivity index is 1.55. The Hall–Kier alpha value is -4.10. The maximum Gasteiger partial charge on any atom is 0.336 e. The van der Waals surface area contributed by atoms with Gasteiger partial charge in [-0.3, -0.25) is 0 Å². The van der Waals surface area contributed by atoms with Crippen LogP contribution in [0.25, 0.3) is 22.2 Å². The molecule has 0 saturated carbocycles. The second-order valence-electron chi connectivity index (χ2n) is 7.88. The molecule has 184 valence electrons. The SMILES string of the molecule is CCCSc1cc(-c2cc(NCCn3c(C#N)cc4c(OC)ccc(F)c43)ncn2)ccc1C(=O)O. The lowest BCUT2D eigenvalue weighted by molar-refractivity contribution is 0.0693. The zero-order chi connectivity index (χ0) is 25.7. The molecule has 0 saturated heterocycles. The smallest absolute Gasteiger partial charge is 0.336 e. The van der Waals surface area contributed by atoms with Gasteiger partial charge in [0.15, 0.2) is 0 Å². The number of ether oxygens (including phenoxy) is 1. The molecule has 0 aliphatic carbocycles. The Morgan fingerprint density at radius 2 is 2.08 bits per heavy atom. The molecule has 36 heavy (non-hydrogen) atoms. The summed E-state index contributed by atoms with van der Waals surface area (Å²) in [5, 5.41) is 22.8. The van der Waals surface area contributed by atoms with E-state index in [9.17, 15) is 19.6 Å². The number of anilines is 1. The molecule has 0 unspecified atom stereocenters. The van der Waals surface area contributed by atoms with Crippen LogP contribution in [0.1, 0.15) is 29.4 Å². The third-order valence-electron chi connectivity index (χ3n) is 5.58. The van der Waals surface area contributed by atoms with E-state index in [1.165, 1.54) is 31.3 Å². The van der Waals surface area contributed by atoms with Gasteiger partial charge in [0.1, 0.15) is 35.5 Å². The summed E-state index contributed by atoms with van der Waals surface area (Å²) in [5.41, 5.74) is 2.32. The molecule has 0 bridgehead atoms. The fourth-order valence-electron chi connectivity index (χ4n) is 3.91. The third kappa shape index (κ3) is 5.11. The molecule has 4 rings (SSSR count). The molecule has 0 atom stereocenters. The van der Waals surface area contributed by atoms with Crippen molar-refractivity contribution in [1.29, 1.82) is 5.26 Å². The van der Waals surface area contributed by atoms with Gasteiger partial charge in [0, 0.05) is 35.0 Å². The first-order chi connectivity index (χ1) is 17.5. The maximum atomic E-state index is 14.6. The van der Waals surface area contributed by atoms with Gasteiger partial charge in [-0.2, -0.15) is 5.26 Å². The predicted octanol–water partition coefficient (Wildman–Crippen LogP) is 5.43. The Bertz CT molecular complexity index is 1460. The Morgan fingerprint density at radius 1 is 1.25 bits per heavy atom. The van der Waals surface area contributed by atoms with Crippen LogP contribution in [0.2, 0.25) is 0 Å². The van der Waals surface area contributed by atoms with Gasteiger partial charge in [0.05, 0.1) is 23.9 Å². The van der Waals surface area contributed by atoms with Gasteiger partial charge in [-0.1, -0.05) is 13.0 Å². The molecule has 2 aromatic heterocycles. The average Bonchev–Trinajstić information content (AvgIpc) is 3.27. The second kappa shape index (κ2) is 11.1. The van der Waals surface area contributed by atoms with Crippen LogP contribution in [0.5, 0.6) is 5.75 Å². The van der Waals surface area contributed by atoms with Crippen LogP contribution in [-0.4, -0.2) is 45.0 Å².